The minimum absolute atomic E-state index is 0.115. The van der Waals surface area contributed by atoms with Gasteiger partial charge in [-0.2, -0.15) is 0 Å². The molecule has 1 unspecified atom stereocenters. The predicted molar refractivity (Wildman–Crippen MR) is 55.3 cm³/mol. The molecule has 0 aromatic rings. The van der Waals surface area contributed by atoms with E-state index in [2.05, 4.69) is 0 Å². The van der Waals surface area contributed by atoms with Gasteiger partial charge in [0.15, 0.2) is 0 Å². The van der Waals surface area contributed by atoms with Gasteiger partial charge in [0.1, 0.15) is 6.61 Å². The van der Waals surface area contributed by atoms with Gasteiger partial charge in [0.2, 0.25) is 0 Å². The lowest BCUT2D eigenvalue weighted by Gasteiger charge is -2.37. The monoisotopic (exact) mass is 213 g/mol. The molecule has 0 bridgehead atoms. The van der Waals surface area contributed by atoms with Crippen LogP contribution in [0.1, 0.15) is 38.5 Å². The van der Waals surface area contributed by atoms with Crippen LogP contribution in [-0.2, 0) is 14.3 Å². The zero-order chi connectivity index (χ0) is 10.7. The van der Waals surface area contributed by atoms with Gasteiger partial charge >= 0.3 is 5.97 Å². The van der Waals surface area contributed by atoms with Crippen LogP contribution in [0.25, 0.3) is 0 Å². The Kier molecular flexibility index (Phi) is 3.26. The van der Waals surface area contributed by atoms with Crippen LogP contribution in [0, 0.1) is 0 Å². The standard InChI is InChI=1S/C11H19NO3/c12-11(4-2-5-11)7-10(13)15-8-9-3-1-6-14-9/h9H,1-8,12H2. The highest BCUT2D eigenvalue weighted by Crippen LogP contribution is 2.32. The molecular weight excluding hydrogens is 194 g/mol. The predicted octanol–water partition coefficient (Wildman–Crippen LogP) is 0.980. The maximum Gasteiger partial charge on any atom is 0.307 e. The van der Waals surface area contributed by atoms with Crippen molar-refractivity contribution >= 4 is 5.97 Å². The van der Waals surface area contributed by atoms with E-state index in [1.54, 1.807) is 0 Å². The summed E-state index contributed by atoms with van der Waals surface area (Å²) >= 11 is 0. The molecule has 0 aromatic carbocycles. The normalized spacial score (nSPS) is 28.5. The quantitative estimate of drug-likeness (QED) is 0.707. The Morgan fingerprint density at radius 1 is 1.47 bits per heavy atom. The minimum Gasteiger partial charge on any atom is -0.463 e. The molecule has 0 spiro atoms. The van der Waals surface area contributed by atoms with Crippen molar-refractivity contribution < 1.29 is 14.3 Å². The summed E-state index contributed by atoms with van der Waals surface area (Å²) < 4.78 is 10.5. The summed E-state index contributed by atoms with van der Waals surface area (Å²) in [7, 11) is 0. The first kappa shape index (κ1) is 10.9. The largest absolute Gasteiger partial charge is 0.463 e. The fourth-order valence-corrected chi connectivity index (χ4v) is 2.11. The third-order valence-corrected chi connectivity index (χ3v) is 3.30. The van der Waals surface area contributed by atoms with Gasteiger partial charge in [0.05, 0.1) is 12.5 Å². The summed E-state index contributed by atoms with van der Waals surface area (Å²) in [6, 6.07) is 0. The molecule has 0 amide bonds. The summed E-state index contributed by atoms with van der Waals surface area (Å²) in [5, 5.41) is 0. The molecular formula is C11H19NO3. The van der Waals surface area contributed by atoms with E-state index in [4.69, 9.17) is 15.2 Å². The number of hydrogen-bond acceptors (Lipinski definition) is 4. The molecule has 1 atom stereocenters. The zero-order valence-electron chi connectivity index (χ0n) is 9.04. The lowest BCUT2D eigenvalue weighted by atomic mass is 9.75. The Labute approximate surface area is 90.1 Å². The Bertz CT molecular complexity index is 232. The summed E-state index contributed by atoms with van der Waals surface area (Å²) in [4.78, 5) is 11.5. The van der Waals surface area contributed by atoms with Gasteiger partial charge < -0.3 is 15.2 Å². The van der Waals surface area contributed by atoms with E-state index in [1.165, 1.54) is 0 Å². The molecule has 86 valence electrons. The van der Waals surface area contributed by atoms with Crippen LogP contribution in [0.5, 0.6) is 0 Å². The highest BCUT2D eigenvalue weighted by atomic mass is 16.6. The van der Waals surface area contributed by atoms with E-state index in [0.717, 1.165) is 38.7 Å². The average Bonchev–Trinajstić information content (AvgIpc) is 2.64. The third-order valence-electron chi connectivity index (χ3n) is 3.30. The Balaban J connectivity index is 1.63. The van der Waals surface area contributed by atoms with Crippen LogP contribution in [0.3, 0.4) is 0 Å². The second-order valence-electron chi connectivity index (χ2n) is 4.71. The van der Waals surface area contributed by atoms with Gasteiger partial charge in [-0.25, -0.2) is 0 Å². The first-order valence-electron chi connectivity index (χ1n) is 5.74. The number of carbonyl (C=O) groups excluding carboxylic acids is 1. The van der Waals surface area contributed by atoms with E-state index < -0.39 is 0 Å². The van der Waals surface area contributed by atoms with E-state index in [0.29, 0.717) is 13.0 Å². The van der Waals surface area contributed by atoms with Crippen LogP contribution >= 0.6 is 0 Å². The van der Waals surface area contributed by atoms with Gasteiger partial charge in [-0.1, -0.05) is 0 Å². The molecule has 4 heteroatoms. The number of rotatable bonds is 4. The number of nitrogens with two attached hydrogens (primary N) is 1. The SMILES string of the molecule is NC1(CC(=O)OCC2CCCO2)CCC1. The molecule has 0 aromatic heterocycles. The van der Waals surface area contributed by atoms with Crippen molar-refractivity contribution in [2.75, 3.05) is 13.2 Å². The number of ether oxygens (including phenoxy) is 2. The topological polar surface area (TPSA) is 61.6 Å². The van der Waals surface area contributed by atoms with Gasteiger partial charge in [0, 0.05) is 12.1 Å². The molecule has 0 radical (unpaired) electrons. The van der Waals surface area contributed by atoms with Gasteiger partial charge in [-0.3, -0.25) is 4.79 Å². The van der Waals surface area contributed by atoms with Crippen LogP contribution in [0.4, 0.5) is 0 Å². The van der Waals surface area contributed by atoms with Crippen LogP contribution in [0.2, 0.25) is 0 Å². The second kappa shape index (κ2) is 4.49. The molecule has 2 fully saturated rings. The molecule has 4 nitrogen and oxygen atoms in total. The molecule has 1 aliphatic heterocycles. The van der Waals surface area contributed by atoms with Crippen LogP contribution in [0.15, 0.2) is 0 Å². The lowest BCUT2D eigenvalue weighted by Crippen LogP contribution is -2.48. The second-order valence-corrected chi connectivity index (χ2v) is 4.71. The van der Waals surface area contributed by atoms with Crippen LogP contribution in [-0.4, -0.2) is 30.8 Å². The van der Waals surface area contributed by atoms with E-state index in [-0.39, 0.29) is 17.6 Å². The maximum absolute atomic E-state index is 11.5. The van der Waals surface area contributed by atoms with Crippen molar-refractivity contribution in [2.24, 2.45) is 5.73 Å². The molecule has 1 saturated carbocycles. The Hall–Kier alpha value is -0.610. The van der Waals surface area contributed by atoms with Crippen molar-refractivity contribution in [3.8, 4) is 0 Å². The summed E-state index contributed by atoms with van der Waals surface area (Å²) in [6.45, 7) is 1.19. The fraction of sp³-hybridized carbons (Fsp3) is 0.909. The first-order chi connectivity index (χ1) is 7.18. The Morgan fingerprint density at radius 3 is 2.80 bits per heavy atom. The molecule has 1 heterocycles. The number of hydrogen-bond donors (Lipinski definition) is 1. The molecule has 2 rings (SSSR count). The lowest BCUT2D eigenvalue weighted by molar-refractivity contribution is -0.149. The number of esters is 1. The van der Waals surface area contributed by atoms with E-state index in [9.17, 15) is 4.79 Å². The van der Waals surface area contributed by atoms with E-state index >= 15 is 0 Å². The fourth-order valence-electron chi connectivity index (χ4n) is 2.11. The maximum atomic E-state index is 11.5. The van der Waals surface area contributed by atoms with Crippen molar-refractivity contribution in [3.63, 3.8) is 0 Å². The first-order valence-corrected chi connectivity index (χ1v) is 5.74. The van der Waals surface area contributed by atoms with Crippen molar-refractivity contribution in [1.29, 1.82) is 0 Å². The average molecular weight is 213 g/mol. The summed E-state index contributed by atoms with van der Waals surface area (Å²) in [6.07, 6.45) is 5.58. The number of carbonyl (C=O) groups is 1. The summed E-state index contributed by atoms with van der Waals surface area (Å²) in [5.74, 6) is -0.173. The molecule has 2 aliphatic rings. The van der Waals surface area contributed by atoms with Gasteiger partial charge in [-0.05, 0) is 32.1 Å². The zero-order valence-corrected chi connectivity index (χ0v) is 9.04. The third kappa shape index (κ3) is 2.92. The highest BCUT2D eigenvalue weighted by molar-refractivity contribution is 5.71. The van der Waals surface area contributed by atoms with E-state index in [1.807, 2.05) is 0 Å². The van der Waals surface area contributed by atoms with Crippen molar-refractivity contribution in [1.82, 2.24) is 0 Å². The van der Waals surface area contributed by atoms with Crippen molar-refractivity contribution in [3.05, 3.63) is 0 Å². The molecule has 2 N–H and O–H groups in total. The minimum atomic E-state index is -0.270. The van der Waals surface area contributed by atoms with Crippen molar-refractivity contribution in [2.45, 2.75) is 50.2 Å². The molecule has 15 heavy (non-hydrogen) atoms. The highest BCUT2D eigenvalue weighted by Gasteiger charge is 2.35. The smallest absolute Gasteiger partial charge is 0.307 e. The van der Waals surface area contributed by atoms with Crippen LogP contribution < -0.4 is 5.73 Å². The summed E-state index contributed by atoms with van der Waals surface area (Å²) in [5.41, 5.74) is 5.69. The molecule has 1 saturated heterocycles. The molecule has 1 aliphatic carbocycles. The van der Waals surface area contributed by atoms with Gasteiger partial charge in [0.25, 0.3) is 0 Å². The Morgan fingerprint density at radius 2 is 2.27 bits per heavy atom. The van der Waals surface area contributed by atoms with Gasteiger partial charge in [-0.15, -0.1) is 0 Å².